The second-order valence-corrected chi connectivity index (χ2v) is 5.68. The van der Waals surface area contributed by atoms with E-state index in [1.54, 1.807) is 18.2 Å². The van der Waals surface area contributed by atoms with Crippen molar-refractivity contribution in [2.75, 3.05) is 12.3 Å². The zero-order valence-corrected chi connectivity index (χ0v) is 11.6. The van der Waals surface area contributed by atoms with Crippen LogP contribution in [-0.4, -0.2) is 23.5 Å². The van der Waals surface area contributed by atoms with Crippen molar-refractivity contribution in [1.29, 1.82) is 0 Å². The molecule has 0 saturated heterocycles. The molecule has 1 aromatic carbocycles. The molecule has 5 heteroatoms. The number of aliphatic carboxylic acids is 1. The number of rotatable bonds is 5. The number of hydrogen-bond acceptors (Lipinski definition) is 3. The molecule has 0 aromatic heterocycles. The first-order chi connectivity index (χ1) is 9.42. The molecule has 0 heterocycles. The van der Waals surface area contributed by atoms with Gasteiger partial charge >= 0.3 is 5.97 Å². The van der Waals surface area contributed by atoms with Crippen molar-refractivity contribution in [3.05, 3.63) is 29.3 Å². The summed E-state index contributed by atoms with van der Waals surface area (Å²) in [4.78, 5) is 22.9. The summed E-state index contributed by atoms with van der Waals surface area (Å²) in [6.45, 7) is 2.29. The van der Waals surface area contributed by atoms with Crippen molar-refractivity contribution in [3.8, 4) is 0 Å². The highest BCUT2D eigenvalue weighted by atomic mass is 16.4. The summed E-state index contributed by atoms with van der Waals surface area (Å²) in [5, 5.41) is 11.8. The summed E-state index contributed by atoms with van der Waals surface area (Å²) in [7, 11) is 0. The lowest BCUT2D eigenvalue weighted by molar-refractivity contribution is -0.141. The number of amides is 1. The van der Waals surface area contributed by atoms with E-state index in [0.29, 0.717) is 17.8 Å². The Kier molecular flexibility index (Phi) is 3.97. The molecule has 0 atom stereocenters. The maximum absolute atomic E-state index is 12.1. The molecule has 0 aliphatic heterocycles. The van der Waals surface area contributed by atoms with Crippen LogP contribution in [0.1, 0.15) is 41.6 Å². The summed E-state index contributed by atoms with van der Waals surface area (Å²) in [5.41, 5.74) is 7.55. The van der Waals surface area contributed by atoms with Crippen LogP contribution in [0.25, 0.3) is 0 Å². The number of hydrogen-bond donors (Lipinski definition) is 3. The molecule has 1 aromatic rings. The number of anilines is 1. The van der Waals surface area contributed by atoms with Crippen LogP contribution < -0.4 is 11.1 Å². The third kappa shape index (κ3) is 3.10. The van der Waals surface area contributed by atoms with Crippen LogP contribution in [0.5, 0.6) is 0 Å². The van der Waals surface area contributed by atoms with Crippen LogP contribution >= 0.6 is 0 Å². The van der Waals surface area contributed by atoms with Gasteiger partial charge in [0.1, 0.15) is 0 Å². The van der Waals surface area contributed by atoms with Crippen molar-refractivity contribution in [1.82, 2.24) is 5.32 Å². The number of aryl methyl sites for hydroxylation is 1. The molecule has 0 radical (unpaired) electrons. The lowest BCUT2D eigenvalue weighted by Gasteiger charge is -2.40. The standard InChI is InChI=1S/C15H20N2O3/c1-10-3-4-11(7-12(10)16)14(20)17-9-15(5-2-6-15)8-13(18)19/h3-4,7H,2,5-6,8-9,16H2,1H3,(H,17,20)(H,18,19). The molecule has 0 spiro atoms. The molecule has 5 nitrogen and oxygen atoms in total. The lowest BCUT2D eigenvalue weighted by atomic mass is 9.66. The van der Waals surface area contributed by atoms with Crippen LogP contribution in [0.4, 0.5) is 5.69 Å². The fraction of sp³-hybridized carbons (Fsp3) is 0.467. The molecule has 1 saturated carbocycles. The van der Waals surface area contributed by atoms with E-state index < -0.39 is 5.97 Å². The highest BCUT2D eigenvalue weighted by molar-refractivity contribution is 5.95. The minimum Gasteiger partial charge on any atom is -0.481 e. The SMILES string of the molecule is Cc1ccc(C(=O)NCC2(CC(=O)O)CCC2)cc1N. The molecule has 4 N–H and O–H groups in total. The van der Waals surface area contributed by atoms with Gasteiger partial charge in [0.2, 0.25) is 0 Å². The normalized spacial score (nSPS) is 16.2. The summed E-state index contributed by atoms with van der Waals surface area (Å²) in [6.07, 6.45) is 2.86. The predicted octanol–water partition coefficient (Wildman–Crippen LogP) is 1.95. The number of benzene rings is 1. The highest BCUT2D eigenvalue weighted by Crippen LogP contribution is 2.43. The van der Waals surface area contributed by atoms with E-state index in [1.165, 1.54) is 0 Å². The molecule has 20 heavy (non-hydrogen) atoms. The van der Waals surface area contributed by atoms with Crippen molar-refractivity contribution >= 4 is 17.6 Å². The predicted molar refractivity (Wildman–Crippen MR) is 76.5 cm³/mol. The number of carboxylic acid groups (broad SMARTS) is 1. The molecule has 0 bridgehead atoms. The average Bonchev–Trinajstić information content (AvgIpc) is 2.35. The zero-order valence-electron chi connectivity index (χ0n) is 11.6. The summed E-state index contributed by atoms with van der Waals surface area (Å²) >= 11 is 0. The summed E-state index contributed by atoms with van der Waals surface area (Å²) in [5.74, 6) is -1.01. The number of carbonyl (C=O) groups excluding carboxylic acids is 1. The quantitative estimate of drug-likeness (QED) is 0.717. The lowest BCUT2D eigenvalue weighted by Crippen LogP contribution is -2.43. The highest BCUT2D eigenvalue weighted by Gasteiger charge is 2.39. The third-order valence-electron chi connectivity index (χ3n) is 4.11. The molecular weight excluding hydrogens is 256 g/mol. The fourth-order valence-electron chi connectivity index (χ4n) is 2.57. The number of carbonyl (C=O) groups is 2. The van der Waals surface area contributed by atoms with Gasteiger partial charge in [-0.3, -0.25) is 9.59 Å². The van der Waals surface area contributed by atoms with Gasteiger partial charge in [0.15, 0.2) is 0 Å². The van der Waals surface area contributed by atoms with E-state index in [-0.39, 0.29) is 17.7 Å². The van der Waals surface area contributed by atoms with Crippen LogP contribution in [0.3, 0.4) is 0 Å². The second kappa shape index (κ2) is 5.53. The smallest absolute Gasteiger partial charge is 0.303 e. The van der Waals surface area contributed by atoms with E-state index in [0.717, 1.165) is 24.8 Å². The van der Waals surface area contributed by atoms with Gasteiger partial charge in [-0.15, -0.1) is 0 Å². The molecule has 1 amide bonds. The van der Waals surface area contributed by atoms with Gasteiger partial charge in [0.25, 0.3) is 5.91 Å². The Morgan fingerprint density at radius 1 is 1.40 bits per heavy atom. The molecule has 1 fully saturated rings. The number of nitrogen functional groups attached to an aromatic ring is 1. The van der Waals surface area contributed by atoms with E-state index in [1.807, 2.05) is 6.92 Å². The Balaban J connectivity index is 1.97. The number of nitrogens with two attached hydrogens (primary N) is 1. The fourth-order valence-corrected chi connectivity index (χ4v) is 2.57. The Bertz CT molecular complexity index is 536. The van der Waals surface area contributed by atoms with Gasteiger partial charge < -0.3 is 16.2 Å². The van der Waals surface area contributed by atoms with Crippen LogP contribution in [0.2, 0.25) is 0 Å². The van der Waals surface area contributed by atoms with Crippen LogP contribution in [0.15, 0.2) is 18.2 Å². The van der Waals surface area contributed by atoms with Crippen molar-refractivity contribution in [2.24, 2.45) is 5.41 Å². The first kappa shape index (κ1) is 14.4. The molecule has 1 aliphatic rings. The molecule has 0 unspecified atom stereocenters. The zero-order chi connectivity index (χ0) is 14.8. The minimum absolute atomic E-state index is 0.114. The largest absolute Gasteiger partial charge is 0.481 e. The van der Waals surface area contributed by atoms with Crippen molar-refractivity contribution in [3.63, 3.8) is 0 Å². The molecule has 108 valence electrons. The number of carboxylic acids is 1. The van der Waals surface area contributed by atoms with Gasteiger partial charge in [0, 0.05) is 17.8 Å². The van der Waals surface area contributed by atoms with Gasteiger partial charge in [-0.2, -0.15) is 0 Å². The van der Waals surface area contributed by atoms with E-state index in [2.05, 4.69) is 5.32 Å². The maximum atomic E-state index is 12.1. The van der Waals surface area contributed by atoms with Gasteiger partial charge in [0.05, 0.1) is 6.42 Å². The van der Waals surface area contributed by atoms with Gasteiger partial charge in [-0.25, -0.2) is 0 Å². The number of nitrogens with one attached hydrogen (secondary N) is 1. The first-order valence-corrected chi connectivity index (χ1v) is 6.78. The molecule has 2 rings (SSSR count). The Hall–Kier alpha value is -2.04. The maximum Gasteiger partial charge on any atom is 0.303 e. The second-order valence-electron chi connectivity index (χ2n) is 5.68. The van der Waals surface area contributed by atoms with Gasteiger partial charge in [-0.1, -0.05) is 12.5 Å². The topological polar surface area (TPSA) is 92.4 Å². The Morgan fingerprint density at radius 3 is 2.60 bits per heavy atom. The van der Waals surface area contributed by atoms with E-state index in [9.17, 15) is 9.59 Å². The van der Waals surface area contributed by atoms with Crippen molar-refractivity contribution < 1.29 is 14.7 Å². The minimum atomic E-state index is -0.807. The molecule has 1 aliphatic carbocycles. The summed E-state index contributed by atoms with van der Waals surface area (Å²) in [6, 6.07) is 5.18. The van der Waals surface area contributed by atoms with E-state index >= 15 is 0 Å². The average molecular weight is 276 g/mol. The monoisotopic (exact) mass is 276 g/mol. The van der Waals surface area contributed by atoms with Crippen LogP contribution in [-0.2, 0) is 4.79 Å². The van der Waals surface area contributed by atoms with E-state index in [4.69, 9.17) is 10.8 Å². The Labute approximate surface area is 118 Å². The molecular formula is C15H20N2O3. The van der Waals surface area contributed by atoms with Crippen LogP contribution in [0, 0.1) is 12.3 Å². The third-order valence-corrected chi connectivity index (χ3v) is 4.11. The Morgan fingerprint density at radius 2 is 2.10 bits per heavy atom. The summed E-state index contributed by atoms with van der Waals surface area (Å²) < 4.78 is 0. The van der Waals surface area contributed by atoms with Crippen molar-refractivity contribution in [2.45, 2.75) is 32.6 Å². The first-order valence-electron chi connectivity index (χ1n) is 6.78. The van der Waals surface area contributed by atoms with Gasteiger partial charge in [-0.05, 0) is 42.9 Å².